The molecular weight excluding hydrogens is 375 g/mol. The lowest BCUT2D eigenvalue weighted by Crippen LogP contribution is -2.14. The number of para-hydroxylation sites is 1. The lowest BCUT2D eigenvalue weighted by atomic mass is 10.1. The van der Waals surface area contributed by atoms with Crippen molar-refractivity contribution >= 4 is 57.5 Å². The number of carbonyl (C=O) groups excluding carboxylic acids is 1. The van der Waals surface area contributed by atoms with Gasteiger partial charge in [0.25, 0.3) is 0 Å². The van der Waals surface area contributed by atoms with Gasteiger partial charge in [0.2, 0.25) is 5.91 Å². The molecular formula is C19H16Cl2N2OS. The van der Waals surface area contributed by atoms with E-state index in [1.54, 1.807) is 18.2 Å². The standard InChI is InChI=1S/C19H16Cl2N2OS/c1-11-4-3-5-14-12(2)8-18(23-19(11)14)25-10-17(24)22-13-6-7-15(20)16(21)9-13/h3-9H,10H2,1-2H3,(H,22,24). The van der Waals surface area contributed by atoms with Crippen LogP contribution in [0.5, 0.6) is 0 Å². The zero-order chi connectivity index (χ0) is 18.0. The molecule has 1 aromatic heterocycles. The van der Waals surface area contributed by atoms with Gasteiger partial charge < -0.3 is 5.32 Å². The van der Waals surface area contributed by atoms with Crippen LogP contribution in [0.15, 0.2) is 47.5 Å². The van der Waals surface area contributed by atoms with Crippen LogP contribution in [-0.2, 0) is 4.79 Å². The van der Waals surface area contributed by atoms with E-state index in [1.165, 1.54) is 11.8 Å². The molecule has 0 bridgehead atoms. The van der Waals surface area contributed by atoms with Crippen molar-refractivity contribution in [2.45, 2.75) is 18.9 Å². The number of halogens is 2. The predicted molar refractivity (Wildman–Crippen MR) is 107 cm³/mol. The fraction of sp³-hybridized carbons (Fsp3) is 0.158. The minimum atomic E-state index is -0.118. The first-order valence-corrected chi connectivity index (χ1v) is 9.43. The summed E-state index contributed by atoms with van der Waals surface area (Å²) in [6, 6.07) is 13.2. The second-order valence-corrected chi connectivity index (χ2v) is 7.52. The van der Waals surface area contributed by atoms with E-state index in [0.29, 0.717) is 15.7 Å². The summed E-state index contributed by atoms with van der Waals surface area (Å²) in [5.74, 6) is 0.150. The number of hydrogen-bond donors (Lipinski definition) is 1. The highest BCUT2D eigenvalue weighted by Gasteiger charge is 2.09. The van der Waals surface area contributed by atoms with E-state index < -0.39 is 0 Å². The van der Waals surface area contributed by atoms with Gasteiger partial charge in [-0.05, 0) is 49.2 Å². The van der Waals surface area contributed by atoms with Gasteiger partial charge >= 0.3 is 0 Å². The van der Waals surface area contributed by atoms with Gasteiger partial charge in [-0.3, -0.25) is 4.79 Å². The van der Waals surface area contributed by atoms with Crippen LogP contribution in [0.4, 0.5) is 5.69 Å². The van der Waals surface area contributed by atoms with Gasteiger partial charge in [-0.15, -0.1) is 0 Å². The molecule has 0 aliphatic rings. The first-order valence-electron chi connectivity index (χ1n) is 7.69. The molecule has 128 valence electrons. The molecule has 0 atom stereocenters. The van der Waals surface area contributed by atoms with Crippen molar-refractivity contribution < 1.29 is 4.79 Å². The van der Waals surface area contributed by atoms with Crippen LogP contribution in [0.25, 0.3) is 10.9 Å². The highest BCUT2D eigenvalue weighted by molar-refractivity contribution is 7.99. The van der Waals surface area contributed by atoms with Crippen molar-refractivity contribution in [3.05, 3.63) is 63.6 Å². The number of anilines is 1. The number of carbonyl (C=O) groups is 1. The highest BCUT2D eigenvalue weighted by atomic mass is 35.5. The van der Waals surface area contributed by atoms with Crippen LogP contribution in [0.2, 0.25) is 10.0 Å². The molecule has 0 aliphatic carbocycles. The van der Waals surface area contributed by atoms with Crippen molar-refractivity contribution in [1.29, 1.82) is 0 Å². The van der Waals surface area contributed by atoms with E-state index in [2.05, 4.69) is 23.3 Å². The summed E-state index contributed by atoms with van der Waals surface area (Å²) in [6.07, 6.45) is 0. The average molecular weight is 391 g/mol. The van der Waals surface area contributed by atoms with E-state index in [-0.39, 0.29) is 11.7 Å². The molecule has 25 heavy (non-hydrogen) atoms. The Balaban J connectivity index is 1.70. The van der Waals surface area contributed by atoms with Crippen molar-refractivity contribution in [1.82, 2.24) is 4.98 Å². The Kier molecular flexibility index (Phi) is 5.52. The summed E-state index contributed by atoms with van der Waals surface area (Å²) < 4.78 is 0. The largest absolute Gasteiger partial charge is 0.325 e. The molecule has 0 saturated carbocycles. The van der Waals surface area contributed by atoms with E-state index >= 15 is 0 Å². The summed E-state index contributed by atoms with van der Waals surface area (Å²) in [5.41, 5.74) is 3.89. The maximum Gasteiger partial charge on any atom is 0.234 e. The van der Waals surface area contributed by atoms with Crippen LogP contribution in [-0.4, -0.2) is 16.6 Å². The van der Waals surface area contributed by atoms with Crippen molar-refractivity contribution in [3.63, 3.8) is 0 Å². The number of aromatic nitrogens is 1. The SMILES string of the molecule is Cc1cc(SCC(=O)Nc2ccc(Cl)c(Cl)c2)nc2c(C)cccc12. The van der Waals surface area contributed by atoms with Gasteiger partial charge in [-0.2, -0.15) is 0 Å². The minimum Gasteiger partial charge on any atom is -0.325 e. The maximum atomic E-state index is 12.2. The van der Waals surface area contributed by atoms with Gasteiger partial charge in [0.05, 0.1) is 26.3 Å². The second-order valence-electron chi connectivity index (χ2n) is 5.71. The molecule has 0 saturated heterocycles. The van der Waals surface area contributed by atoms with E-state index in [1.807, 2.05) is 25.1 Å². The first kappa shape index (κ1) is 18.1. The smallest absolute Gasteiger partial charge is 0.234 e. The highest BCUT2D eigenvalue weighted by Crippen LogP contribution is 2.27. The molecule has 3 nitrogen and oxygen atoms in total. The average Bonchev–Trinajstić information content (AvgIpc) is 2.57. The normalized spacial score (nSPS) is 10.9. The molecule has 2 aromatic carbocycles. The minimum absolute atomic E-state index is 0.118. The third-order valence-corrected chi connectivity index (χ3v) is 5.43. The molecule has 6 heteroatoms. The molecule has 3 rings (SSSR count). The van der Waals surface area contributed by atoms with Gasteiger partial charge in [-0.1, -0.05) is 53.2 Å². The van der Waals surface area contributed by atoms with Crippen molar-refractivity contribution in [2.24, 2.45) is 0 Å². The Morgan fingerprint density at radius 2 is 1.88 bits per heavy atom. The van der Waals surface area contributed by atoms with E-state index in [9.17, 15) is 4.79 Å². The molecule has 0 unspecified atom stereocenters. The van der Waals surface area contributed by atoms with Gasteiger partial charge in [-0.25, -0.2) is 4.98 Å². The maximum absolute atomic E-state index is 12.2. The quantitative estimate of drug-likeness (QED) is 0.564. The lowest BCUT2D eigenvalue weighted by molar-refractivity contribution is -0.113. The number of nitrogens with zero attached hydrogens (tertiary/aromatic N) is 1. The molecule has 0 fully saturated rings. The topological polar surface area (TPSA) is 42.0 Å². The summed E-state index contributed by atoms with van der Waals surface area (Å²) in [5, 5.41) is 5.66. The molecule has 1 heterocycles. The van der Waals surface area contributed by atoms with Gasteiger partial charge in [0.1, 0.15) is 0 Å². The van der Waals surface area contributed by atoms with Gasteiger partial charge in [0, 0.05) is 11.1 Å². The molecule has 0 aliphatic heterocycles. The number of hydrogen-bond acceptors (Lipinski definition) is 3. The summed E-state index contributed by atoms with van der Waals surface area (Å²) in [6.45, 7) is 4.10. The Bertz CT molecular complexity index is 960. The fourth-order valence-corrected chi connectivity index (χ4v) is 3.58. The number of rotatable bonds is 4. The van der Waals surface area contributed by atoms with Crippen LogP contribution >= 0.6 is 35.0 Å². The number of amides is 1. The third kappa shape index (κ3) is 4.27. The lowest BCUT2D eigenvalue weighted by Gasteiger charge is -2.09. The number of benzene rings is 2. The van der Waals surface area contributed by atoms with E-state index in [4.69, 9.17) is 23.2 Å². The molecule has 1 amide bonds. The Morgan fingerprint density at radius 1 is 1.08 bits per heavy atom. The molecule has 0 radical (unpaired) electrons. The number of nitrogens with one attached hydrogen (secondary N) is 1. The zero-order valence-electron chi connectivity index (χ0n) is 13.8. The molecule has 3 aromatic rings. The van der Waals surface area contributed by atoms with E-state index in [0.717, 1.165) is 27.1 Å². The zero-order valence-corrected chi connectivity index (χ0v) is 16.1. The van der Waals surface area contributed by atoms with Crippen molar-refractivity contribution in [2.75, 3.05) is 11.1 Å². The number of aryl methyl sites for hydroxylation is 2. The molecule has 1 N–H and O–H groups in total. The van der Waals surface area contributed by atoms with Crippen LogP contribution in [0.1, 0.15) is 11.1 Å². The predicted octanol–water partition coefficient (Wildman–Crippen LogP) is 5.89. The van der Waals surface area contributed by atoms with Crippen molar-refractivity contribution in [3.8, 4) is 0 Å². The summed E-state index contributed by atoms with van der Waals surface area (Å²) in [4.78, 5) is 16.8. The fourth-order valence-electron chi connectivity index (χ4n) is 2.52. The summed E-state index contributed by atoms with van der Waals surface area (Å²) >= 11 is 13.2. The number of thioether (sulfide) groups is 1. The number of fused-ring (bicyclic) bond motifs is 1. The first-order chi connectivity index (χ1) is 11.9. The second kappa shape index (κ2) is 7.65. The number of pyridine rings is 1. The van der Waals surface area contributed by atoms with Crippen LogP contribution < -0.4 is 5.32 Å². The molecule has 0 spiro atoms. The Hall–Kier alpha value is -1.75. The summed E-state index contributed by atoms with van der Waals surface area (Å²) in [7, 11) is 0. The van der Waals surface area contributed by atoms with Crippen LogP contribution in [0.3, 0.4) is 0 Å². The van der Waals surface area contributed by atoms with Gasteiger partial charge in [0.15, 0.2) is 0 Å². The Labute approximate surface area is 160 Å². The van der Waals surface area contributed by atoms with Crippen LogP contribution in [0, 0.1) is 13.8 Å². The monoisotopic (exact) mass is 390 g/mol. The third-order valence-electron chi connectivity index (χ3n) is 3.78. The Morgan fingerprint density at radius 3 is 2.64 bits per heavy atom.